The molecule has 4 heterocycles. The van der Waals surface area contributed by atoms with Crippen molar-refractivity contribution in [1.29, 1.82) is 0 Å². The molecule has 0 spiro atoms. The van der Waals surface area contributed by atoms with E-state index in [1.54, 1.807) is 19.1 Å². The summed E-state index contributed by atoms with van der Waals surface area (Å²) in [6.45, 7) is 4.29. The summed E-state index contributed by atoms with van der Waals surface area (Å²) >= 11 is 1.02. The molecule has 0 unspecified atom stereocenters. The van der Waals surface area contributed by atoms with Gasteiger partial charge >= 0.3 is 5.97 Å². The Morgan fingerprint density at radius 2 is 1.92 bits per heavy atom. The van der Waals surface area contributed by atoms with Crippen LogP contribution in [-0.4, -0.2) is 64.0 Å². The lowest BCUT2D eigenvalue weighted by Gasteiger charge is -2.35. The summed E-state index contributed by atoms with van der Waals surface area (Å²) < 4.78 is 0. The molecule has 12 nitrogen and oxygen atoms in total. The number of nitrogens with one attached hydrogen (secondary N) is 2. The second-order valence-corrected chi connectivity index (χ2v) is 9.89. The van der Waals surface area contributed by atoms with Crippen LogP contribution >= 0.6 is 11.3 Å². The highest BCUT2D eigenvalue weighted by Gasteiger charge is 2.29. The number of thiazole rings is 1. The number of hydrogen-bond acceptors (Lipinski definition) is 10. The van der Waals surface area contributed by atoms with Crippen molar-refractivity contribution < 1.29 is 19.5 Å². The fraction of sp³-hybridized carbons (Fsp3) is 0.333. The van der Waals surface area contributed by atoms with E-state index in [2.05, 4.69) is 20.5 Å². The van der Waals surface area contributed by atoms with Gasteiger partial charge in [0.25, 0.3) is 0 Å². The Morgan fingerprint density at radius 3 is 2.59 bits per heavy atom. The monoisotopic (exact) mass is 522 g/mol. The van der Waals surface area contributed by atoms with Crippen LogP contribution in [-0.2, 0) is 17.8 Å². The Morgan fingerprint density at radius 1 is 1.16 bits per heavy atom. The van der Waals surface area contributed by atoms with E-state index in [4.69, 9.17) is 15.7 Å². The zero-order chi connectivity index (χ0) is 26.1. The average Bonchev–Trinajstić information content (AvgIpc) is 3.24. The van der Waals surface area contributed by atoms with Crippen molar-refractivity contribution in [2.45, 2.75) is 26.3 Å². The number of nitrogens with zero attached hydrogens (tertiary/aromatic N) is 5. The molecule has 5 rings (SSSR count). The van der Waals surface area contributed by atoms with Gasteiger partial charge in [-0.2, -0.15) is 9.97 Å². The molecule has 0 aliphatic carbocycles. The Balaban J connectivity index is 1.52. The number of primary amides is 1. The summed E-state index contributed by atoms with van der Waals surface area (Å²) in [5, 5.41) is 15.7. The van der Waals surface area contributed by atoms with E-state index in [-0.39, 0.29) is 23.3 Å². The third-order valence-electron chi connectivity index (χ3n) is 6.28. The molecule has 2 aliphatic heterocycles. The topological polar surface area (TPSA) is 167 Å². The van der Waals surface area contributed by atoms with Crippen molar-refractivity contribution in [3.8, 4) is 0 Å². The van der Waals surface area contributed by atoms with Crippen LogP contribution in [0.15, 0.2) is 24.3 Å². The Labute approximate surface area is 216 Å². The molecule has 1 saturated heterocycles. The molecule has 2 aliphatic rings. The van der Waals surface area contributed by atoms with E-state index in [0.29, 0.717) is 41.8 Å². The summed E-state index contributed by atoms with van der Waals surface area (Å²) in [5.41, 5.74) is 8.18. The van der Waals surface area contributed by atoms with Crippen LogP contribution in [0.2, 0.25) is 0 Å². The molecule has 0 saturated carbocycles. The zero-order valence-corrected chi connectivity index (χ0v) is 21.0. The number of carbonyl (C=O) groups is 3. The van der Waals surface area contributed by atoms with Crippen molar-refractivity contribution in [2.75, 3.05) is 41.3 Å². The van der Waals surface area contributed by atoms with Crippen LogP contribution in [0.4, 0.5) is 22.7 Å². The molecule has 0 bridgehead atoms. The van der Waals surface area contributed by atoms with Crippen molar-refractivity contribution in [3.05, 3.63) is 51.5 Å². The molecule has 2 aromatic heterocycles. The van der Waals surface area contributed by atoms with Crippen molar-refractivity contribution in [2.24, 2.45) is 5.73 Å². The van der Waals surface area contributed by atoms with E-state index in [1.807, 2.05) is 17.0 Å². The molecule has 3 aromatic rings. The maximum absolute atomic E-state index is 12.2. The molecule has 13 heteroatoms. The number of aromatic nitrogens is 3. The summed E-state index contributed by atoms with van der Waals surface area (Å²) in [6.07, 6.45) is 1.66. The van der Waals surface area contributed by atoms with Gasteiger partial charge in [-0.1, -0.05) is 23.5 Å². The fourth-order valence-corrected chi connectivity index (χ4v) is 5.33. The predicted molar refractivity (Wildman–Crippen MR) is 139 cm³/mol. The number of anilines is 4. The highest BCUT2D eigenvalue weighted by atomic mass is 32.1. The molecule has 1 fully saturated rings. The first-order valence-electron chi connectivity index (χ1n) is 11.8. The molecular weight excluding hydrogens is 496 g/mol. The fourth-order valence-electron chi connectivity index (χ4n) is 4.53. The normalized spacial score (nSPS) is 15.2. The maximum Gasteiger partial charge on any atom is 0.347 e. The maximum atomic E-state index is 12.2. The quantitative estimate of drug-likeness (QED) is 0.358. The first-order valence-corrected chi connectivity index (χ1v) is 12.6. The van der Waals surface area contributed by atoms with Gasteiger partial charge in [0.2, 0.25) is 17.8 Å². The van der Waals surface area contributed by atoms with Gasteiger partial charge in [0, 0.05) is 37.3 Å². The third-order valence-corrected chi connectivity index (χ3v) is 7.34. The lowest BCUT2D eigenvalue weighted by Crippen LogP contribution is -2.48. The van der Waals surface area contributed by atoms with Crippen LogP contribution in [0, 0.1) is 6.92 Å². The van der Waals surface area contributed by atoms with E-state index in [9.17, 15) is 19.5 Å². The predicted octanol–water partition coefficient (Wildman–Crippen LogP) is 1.67. The number of aryl methyl sites for hydroxylation is 1. The number of piperazine rings is 1. The number of fused-ring (bicyclic) bond motifs is 1. The molecule has 37 heavy (non-hydrogen) atoms. The number of rotatable bonds is 7. The summed E-state index contributed by atoms with van der Waals surface area (Å²) in [7, 11) is 0. The van der Waals surface area contributed by atoms with Gasteiger partial charge in [0.1, 0.15) is 16.5 Å². The summed E-state index contributed by atoms with van der Waals surface area (Å²) in [6, 6.07) is 7.16. The molecule has 0 atom stereocenters. The molecule has 0 radical (unpaired) electrons. The van der Waals surface area contributed by atoms with Gasteiger partial charge in [-0.05, 0) is 37.5 Å². The third kappa shape index (κ3) is 5.16. The summed E-state index contributed by atoms with van der Waals surface area (Å²) in [4.78, 5) is 53.2. The Kier molecular flexibility index (Phi) is 6.61. The van der Waals surface area contributed by atoms with Gasteiger partial charge in [0.15, 0.2) is 5.13 Å². The number of aromatic carboxylic acids is 1. The largest absolute Gasteiger partial charge is 0.477 e. The van der Waals surface area contributed by atoms with Crippen molar-refractivity contribution in [1.82, 2.24) is 20.3 Å². The van der Waals surface area contributed by atoms with Gasteiger partial charge in [-0.3, -0.25) is 14.9 Å². The molecule has 192 valence electrons. The highest BCUT2D eigenvalue weighted by Crippen LogP contribution is 2.35. The number of carboxylic acids is 1. The van der Waals surface area contributed by atoms with Crippen LogP contribution in [0.5, 0.6) is 0 Å². The summed E-state index contributed by atoms with van der Waals surface area (Å²) in [5.74, 6) is 0.122. The van der Waals surface area contributed by atoms with E-state index in [1.165, 1.54) is 0 Å². The van der Waals surface area contributed by atoms with E-state index >= 15 is 0 Å². The van der Waals surface area contributed by atoms with Crippen molar-refractivity contribution >= 4 is 51.8 Å². The zero-order valence-electron chi connectivity index (χ0n) is 20.2. The van der Waals surface area contributed by atoms with Crippen LogP contribution in [0.1, 0.15) is 43.3 Å². The first-order chi connectivity index (χ1) is 17.8. The van der Waals surface area contributed by atoms with Gasteiger partial charge in [0.05, 0.1) is 12.2 Å². The SMILES string of the molecule is Cc1nc(Nc2nc(N3CCNC(=O)C3)c3c(n2)N(Cc2ccc(C(N)=O)cc2)CCC3)sc1C(=O)O. The second-order valence-electron chi connectivity index (χ2n) is 8.89. The Hall–Kier alpha value is -4.26. The minimum absolute atomic E-state index is 0.0722. The molecule has 5 N–H and O–H groups in total. The first kappa shape index (κ1) is 24.4. The standard InChI is InChI=1S/C24H26N8O4S/c1-13-18(22(35)36)37-24(27-13)30-23-28-20-16(21(29-23)32-10-8-26-17(33)12-32)3-2-9-31(20)11-14-4-6-15(7-5-14)19(25)34/h4-7H,2-3,8-12H2,1H3,(H2,25,34)(H,26,33)(H,35,36)(H,27,28,29,30). The number of carbonyl (C=O) groups excluding carboxylic acids is 2. The van der Waals surface area contributed by atoms with Crippen LogP contribution in [0.25, 0.3) is 0 Å². The van der Waals surface area contributed by atoms with Crippen LogP contribution in [0.3, 0.4) is 0 Å². The lowest BCUT2D eigenvalue weighted by molar-refractivity contribution is -0.120. The molecular formula is C24H26N8O4S. The molecule has 1 aromatic carbocycles. The minimum atomic E-state index is -1.04. The van der Waals surface area contributed by atoms with Crippen LogP contribution < -0.4 is 26.2 Å². The number of nitrogens with two attached hydrogens (primary N) is 1. The van der Waals surface area contributed by atoms with Crippen molar-refractivity contribution in [3.63, 3.8) is 0 Å². The van der Waals surface area contributed by atoms with Gasteiger partial charge < -0.3 is 26.0 Å². The van der Waals surface area contributed by atoms with Gasteiger partial charge in [-0.25, -0.2) is 9.78 Å². The van der Waals surface area contributed by atoms with E-state index in [0.717, 1.165) is 47.7 Å². The van der Waals surface area contributed by atoms with E-state index < -0.39 is 11.9 Å². The number of benzene rings is 1. The highest BCUT2D eigenvalue weighted by molar-refractivity contribution is 7.17. The average molecular weight is 523 g/mol. The number of hydrogen-bond donors (Lipinski definition) is 4. The molecule has 2 amide bonds. The lowest BCUT2D eigenvalue weighted by atomic mass is 10.0. The number of carboxylic acid groups (broad SMARTS) is 1. The smallest absolute Gasteiger partial charge is 0.347 e. The van der Waals surface area contributed by atoms with Gasteiger partial charge in [-0.15, -0.1) is 0 Å². The second kappa shape index (κ2) is 10.0. The Bertz CT molecular complexity index is 1370. The number of amides is 2. The minimum Gasteiger partial charge on any atom is -0.477 e.